The Labute approximate surface area is 205 Å². The number of carbonyl (C=O) groups is 4. The van der Waals surface area contributed by atoms with E-state index < -0.39 is 29.2 Å². The van der Waals surface area contributed by atoms with E-state index in [-0.39, 0.29) is 41.5 Å². The van der Waals surface area contributed by atoms with Crippen molar-refractivity contribution < 1.29 is 34.2 Å². The second kappa shape index (κ2) is 10.2. The van der Waals surface area contributed by atoms with Crippen molar-refractivity contribution >= 4 is 35.5 Å². The highest BCUT2D eigenvalue weighted by molar-refractivity contribution is 8.00. The lowest BCUT2D eigenvalue weighted by molar-refractivity contribution is -0.150. The van der Waals surface area contributed by atoms with Gasteiger partial charge < -0.3 is 15.2 Å². The number of ether oxygens (including phenoxy) is 1. The molecule has 11 heteroatoms. The van der Waals surface area contributed by atoms with Gasteiger partial charge >= 0.3 is 5.97 Å². The summed E-state index contributed by atoms with van der Waals surface area (Å²) < 4.78 is 5.05. The van der Waals surface area contributed by atoms with Crippen LogP contribution in [0.3, 0.4) is 0 Å². The number of thioether (sulfide) groups is 1. The molecule has 10 nitrogen and oxygen atoms in total. The predicted molar refractivity (Wildman–Crippen MR) is 126 cm³/mol. The Kier molecular flexibility index (Phi) is 7.08. The molecule has 0 saturated carbocycles. The van der Waals surface area contributed by atoms with Crippen molar-refractivity contribution in [3.63, 3.8) is 0 Å². The quantitative estimate of drug-likeness (QED) is 0.284. The molecule has 182 valence electrons. The van der Waals surface area contributed by atoms with Crippen LogP contribution in [0.2, 0.25) is 0 Å². The van der Waals surface area contributed by atoms with E-state index >= 15 is 0 Å². The highest BCUT2D eigenvalue weighted by atomic mass is 32.2. The van der Waals surface area contributed by atoms with Crippen molar-refractivity contribution in [2.75, 3.05) is 19.4 Å². The number of β-lactam (4-membered cyclic amide) rings is 1. The van der Waals surface area contributed by atoms with Gasteiger partial charge in [-0.1, -0.05) is 30.3 Å². The van der Waals surface area contributed by atoms with Crippen LogP contribution >= 0.6 is 11.8 Å². The second-order valence-corrected chi connectivity index (χ2v) is 9.07. The lowest BCUT2D eigenvalue weighted by Gasteiger charge is -2.49. The number of methoxy groups -OCH3 is 1. The summed E-state index contributed by atoms with van der Waals surface area (Å²) in [5, 5.41) is 22.7. The monoisotopic (exact) mass is 497 g/mol. The number of rotatable bonds is 8. The number of nitrogens with one attached hydrogen (secondary N) is 1. The lowest BCUT2D eigenvalue weighted by Crippen LogP contribution is -2.70. The van der Waals surface area contributed by atoms with Gasteiger partial charge in [0.2, 0.25) is 5.91 Å². The van der Waals surface area contributed by atoms with Gasteiger partial charge in [0.25, 0.3) is 11.8 Å². The number of hydroxylamine groups is 2. The summed E-state index contributed by atoms with van der Waals surface area (Å²) in [6.45, 7) is -0.388. The highest BCUT2D eigenvalue weighted by Gasteiger charge is 2.54. The van der Waals surface area contributed by atoms with Gasteiger partial charge in [0, 0.05) is 11.3 Å². The van der Waals surface area contributed by atoms with Crippen LogP contribution in [0, 0.1) is 0 Å². The van der Waals surface area contributed by atoms with Crippen molar-refractivity contribution in [3.8, 4) is 5.75 Å². The topological polar surface area (TPSA) is 136 Å². The number of carbonyl (C=O) groups excluding carboxylic acids is 3. The third-order valence-corrected chi connectivity index (χ3v) is 7.03. The van der Waals surface area contributed by atoms with Gasteiger partial charge in [-0.2, -0.15) is 0 Å². The Morgan fingerprint density at radius 2 is 1.83 bits per heavy atom. The summed E-state index contributed by atoms with van der Waals surface area (Å²) in [4.78, 5) is 50.9. The Morgan fingerprint density at radius 1 is 1.14 bits per heavy atom. The lowest BCUT2D eigenvalue weighted by atomic mass is 10.0. The minimum atomic E-state index is -1.35. The molecular formula is C24H23N3O7S. The van der Waals surface area contributed by atoms with E-state index in [2.05, 4.69) is 5.32 Å². The molecule has 4 rings (SSSR count). The van der Waals surface area contributed by atoms with Crippen LogP contribution < -0.4 is 10.1 Å². The zero-order chi connectivity index (χ0) is 25.1. The largest absolute Gasteiger partial charge is 0.497 e. The summed E-state index contributed by atoms with van der Waals surface area (Å²) in [7, 11) is 1.49. The van der Waals surface area contributed by atoms with Crippen LogP contribution in [0.1, 0.15) is 15.9 Å². The standard InChI is InChI=1S/C24H23N3O7S/c1-34-17-9-7-15(8-10-17)21(29)26(33)12-16-13-35-23-19(22(30)27(23)20(16)24(31)32)25-18(28)11-14-5-3-2-4-6-14/h2-10,19,23,33H,11-13H2,1H3,(H,25,28)(H,31,32)/t19-,23?/m1/s1. The summed E-state index contributed by atoms with van der Waals surface area (Å²) in [5.41, 5.74) is 0.913. The number of fused-ring (bicyclic) bond motifs is 1. The van der Waals surface area contributed by atoms with Gasteiger partial charge in [-0.3, -0.25) is 24.5 Å². The van der Waals surface area contributed by atoms with Crippen molar-refractivity contribution in [2.45, 2.75) is 17.8 Å². The maximum absolute atomic E-state index is 12.8. The Balaban J connectivity index is 1.44. The fraction of sp³-hybridized carbons (Fsp3) is 0.250. The molecule has 1 unspecified atom stereocenters. The van der Waals surface area contributed by atoms with E-state index in [1.807, 2.05) is 18.2 Å². The maximum Gasteiger partial charge on any atom is 0.352 e. The van der Waals surface area contributed by atoms with Crippen LogP contribution in [-0.4, -0.2) is 74.8 Å². The predicted octanol–water partition coefficient (Wildman–Crippen LogP) is 1.51. The molecule has 3 amide bonds. The zero-order valence-corrected chi connectivity index (χ0v) is 19.5. The van der Waals surface area contributed by atoms with Gasteiger partial charge in [-0.05, 0) is 35.4 Å². The molecule has 0 bridgehead atoms. The summed E-state index contributed by atoms with van der Waals surface area (Å²) in [6, 6.07) is 14.3. The van der Waals surface area contributed by atoms with E-state index in [0.717, 1.165) is 10.5 Å². The number of hydrogen-bond donors (Lipinski definition) is 3. The van der Waals surface area contributed by atoms with Gasteiger partial charge in [0.1, 0.15) is 22.9 Å². The van der Waals surface area contributed by atoms with Crippen molar-refractivity contribution in [1.82, 2.24) is 15.3 Å². The number of nitrogens with zero attached hydrogens (tertiary/aromatic N) is 2. The van der Waals surface area contributed by atoms with Crippen molar-refractivity contribution in [3.05, 3.63) is 77.0 Å². The molecule has 1 saturated heterocycles. The fourth-order valence-electron chi connectivity index (χ4n) is 3.95. The molecule has 2 aromatic carbocycles. The molecule has 2 aliphatic heterocycles. The first-order valence-corrected chi connectivity index (χ1v) is 11.7. The summed E-state index contributed by atoms with van der Waals surface area (Å²) >= 11 is 1.26. The third-order valence-electron chi connectivity index (χ3n) is 5.69. The maximum atomic E-state index is 12.8. The number of amides is 3. The first-order chi connectivity index (χ1) is 16.8. The molecule has 0 radical (unpaired) electrons. The third kappa shape index (κ3) is 5.00. The van der Waals surface area contributed by atoms with Gasteiger partial charge in [0.15, 0.2) is 0 Å². The van der Waals surface area contributed by atoms with E-state index in [1.165, 1.54) is 31.0 Å². The molecule has 2 heterocycles. The Hall–Kier alpha value is -3.83. The molecule has 3 N–H and O–H groups in total. The van der Waals surface area contributed by atoms with Crippen LogP contribution in [0.4, 0.5) is 0 Å². The fourth-order valence-corrected chi connectivity index (χ4v) is 5.28. The molecule has 0 spiro atoms. The SMILES string of the molecule is COc1ccc(C(=O)N(O)CC2=C(C(=O)O)N3C(=O)[C@@H](NC(=O)Cc4ccccc4)C3SC2)cc1. The average molecular weight is 498 g/mol. The minimum Gasteiger partial charge on any atom is -0.497 e. The van der Waals surface area contributed by atoms with E-state index in [4.69, 9.17) is 4.74 Å². The van der Waals surface area contributed by atoms with Gasteiger partial charge in [-0.25, -0.2) is 9.86 Å². The van der Waals surface area contributed by atoms with E-state index in [9.17, 15) is 29.5 Å². The normalized spacial score (nSPS) is 18.9. The number of aliphatic carboxylic acids is 1. The van der Waals surface area contributed by atoms with Gasteiger partial charge in [-0.15, -0.1) is 11.8 Å². The van der Waals surface area contributed by atoms with Crippen molar-refractivity contribution in [1.29, 1.82) is 0 Å². The van der Waals surface area contributed by atoms with Crippen LogP contribution in [0.15, 0.2) is 65.9 Å². The molecular weight excluding hydrogens is 474 g/mol. The van der Waals surface area contributed by atoms with E-state index in [0.29, 0.717) is 10.8 Å². The first kappa shape index (κ1) is 24.3. The first-order valence-electron chi connectivity index (χ1n) is 10.7. The Morgan fingerprint density at radius 3 is 2.46 bits per heavy atom. The number of hydrogen-bond acceptors (Lipinski definition) is 7. The van der Waals surface area contributed by atoms with Crippen molar-refractivity contribution in [2.24, 2.45) is 0 Å². The average Bonchev–Trinajstić information content (AvgIpc) is 2.87. The summed E-state index contributed by atoms with van der Waals surface area (Å²) in [5.74, 6) is -2.26. The Bertz CT molecular complexity index is 1180. The molecule has 0 aromatic heterocycles. The molecule has 2 atom stereocenters. The van der Waals surface area contributed by atoms with Crippen LogP contribution in [-0.2, 0) is 20.8 Å². The second-order valence-electron chi connectivity index (χ2n) is 7.97. The molecule has 0 aliphatic carbocycles. The zero-order valence-electron chi connectivity index (χ0n) is 18.7. The molecule has 2 aliphatic rings. The molecule has 1 fully saturated rings. The van der Waals surface area contributed by atoms with Crippen LogP contribution in [0.5, 0.6) is 5.75 Å². The smallest absolute Gasteiger partial charge is 0.352 e. The number of carboxylic acids is 1. The molecule has 35 heavy (non-hydrogen) atoms. The number of benzene rings is 2. The number of carboxylic acid groups (broad SMARTS) is 1. The highest BCUT2D eigenvalue weighted by Crippen LogP contribution is 2.40. The minimum absolute atomic E-state index is 0.0990. The van der Waals surface area contributed by atoms with Gasteiger partial charge in [0.05, 0.1) is 20.1 Å². The van der Waals surface area contributed by atoms with Crippen LogP contribution in [0.25, 0.3) is 0 Å². The summed E-state index contributed by atoms with van der Waals surface area (Å²) in [6.07, 6.45) is 0.0990. The molecule has 2 aromatic rings. The van der Waals surface area contributed by atoms with E-state index in [1.54, 1.807) is 24.3 Å².